The third-order valence-electron chi connectivity index (χ3n) is 4.11. The molecule has 1 heterocycles. The normalized spacial score (nSPS) is 10.5. The Morgan fingerprint density at radius 2 is 2.04 bits per heavy atom. The van der Waals surface area contributed by atoms with Crippen LogP contribution in [0.2, 0.25) is 0 Å². The van der Waals surface area contributed by atoms with Gasteiger partial charge in [0.2, 0.25) is 0 Å². The second-order valence-electron chi connectivity index (χ2n) is 5.62. The van der Waals surface area contributed by atoms with Gasteiger partial charge in [-0.2, -0.15) is 0 Å². The lowest BCUT2D eigenvalue weighted by molar-refractivity contribution is 0.0991. The Kier molecular flexibility index (Phi) is 4.33. The van der Waals surface area contributed by atoms with Crippen molar-refractivity contribution in [3.63, 3.8) is 0 Å². The first-order chi connectivity index (χ1) is 11.6. The number of hydrogen-bond acceptors (Lipinski definition) is 3. The molecule has 0 aliphatic heterocycles. The van der Waals surface area contributed by atoms with Crippen LogP contribution in [0.3, 0.4) is 0 Å². The van der Waals surface area contributed by atoms with E-state index in [-0.39, 0.29) is 5.78 Å². The van der Waals surface area contributed by atoms with Crippen LogP contribution in [0, 0.1) is 19.3 Å². The number of ketones is 1. The lowest BCUT2D eigenvalue weighted by Gasteiger charge is -2.07. The molecule has 0 radical (unpaired) electrons. The van der Waals surface area contributed by atoms with E-state index in [1.54, 1.807) is 6.07 Å². The summed E-state index contributed by atoms with van der Waals surface area (Å²) < 4.78 is 0. The van der Waals surface area contributed by atoms with E-state index in [4.69, 9.17) is 6.42 Å². The van der Waals surface area contributed by atoms with Crippen LogP contribution in [0.25, 0.3) is 21.2 Å². The zero-order valence-corrected chi connectivity index (χ0v) is 14.4. The number of thiophene rings is 1. The van der Waals surface area contributed by atoms with Gasteiger partial charge in [0.05, 0.1) is 4.88 Å². The number of terminal acetylenes is 1. The van der Waals surface area contributed by atoms with Gasteiger partial charge < -0.3 is 0 Å². The van der Waals surface area contributed by atoms with Gasteiger partial charge in [-0.25, -0.2) is 0 Å². The maximum atomic E-state index is 11.9. The lowest BCUT2D eigenvalue weighted by atomic mass is 9.97. The van der Waals surface area contributed by atoms with Crippen molar-refractivity contribution in [2.24, 2.45) is 0 Å². The largest absolute Gasteiger partial charge is 0.298 e. The van der Waals surface area contributed by atoms with Gasteiger partial charge in [-0.15, -0.1) is 17.8 Å². The van der Waals surface area contributed by atoms with Gasteiger partial charge >= 0.3 is 0 Å². The summed E-state index contributed by atoms with van der Waals surface area (Å²) in [4.78, 5) is 25.2. The summed E-state index contributed by atoms with van der Waals surface area (Å²) in [6.07, 6.45) is 6.78. The minimum Gasteiger partial charge on any atom is -0.298 e. The number of hydrogen-bond donors (Lipinski definition) is 0. The van der Waals surface area contributed by atoms with Crippen molar-refractivity contribution in [2.75, 3.05) is 0 Å². The van der Waals surface area contributed by atoms with Crippen LogP contribution < -0.4 is 0 Å². The van der Waals surface area contributed by atoms with Crippen molar-refractivity contribution in [2.45, 2.75) is 20.3 Å². The van der Waals surface area contributed by atoms with Crippen LogP contribution in [-0.2, 0) is 0 Å². The second kappa shape index (κ2) is 6.43. The van der Waals surface area contributed by atoms with Crippen molar-refractivity contribution in [1.29, 1.82) is 0 Å². The molecule has 0 unspecified atom stereocenters. The van der Waals surface area contributed by atoms with E-state index >= 15 is 0 Å². The zero-order chi connectivity index (χ0) is 17.3. The highest BCUT2D eigenvalue weighted by Gasteiger charge is 2.13. The first-order valence-electron chi connectivity index (χ1n) is 7.71. The van der Waals surface area contributed by atoms with Gasteiger partial charge in [0.15, 0.2) is 12.1 Å². The maximum Gasteiger partial charge on any atom is 0.172 e. The molecule has 3 rings (SSSR count). The van der Waals surface area contributed by atoms with E-state index in [1.807, 2.05) is 44.2 Å². The summed E-state index contributed by atoms with van der Waals surface area (Å²) in [5.74, 6) is 2.71. The van der Waals surface area contributed by atoms with Crippen LogP contribution >= 0.6 is 11.3 Å². The molecule has 0 amide bonds. The number of aldehydes is 1. The Morgan fingerprint density at radius 1 is 1.25 bits per heavy atom. The Labute approximate surface area is 145 Å². The van der Waals surface area contributed by atoms with Crippen LogP contribution in [0.5, 0.6) is 0 Å². The fourth-order valence-corrected chi connectivity index (χ4v) is 4.01. The molecule has 0 saturated heterocycles. The van der Waals surface area contributed by atoms with Gasteiger partial charge in [0.1, 0.15) is 0 Å². The zero-order valence-electron chi connectivity index (χ0n) is 13.6. The molecule has 0 fully saturated rings. The third-order valence-corrected chi connectivity index (χ3v) is 5.44. The average Bonchev–Trinajstić information content (AvgIpc) is 3.01. The van der Waals surface area contributed by atoms with Gasteiger partial charge in [0.25, 0.3) is 0 Å². The summed E-state index contributed by atoms with van der Waals surface area (Å²) in [6, 6.07) is 11.6. The van der Waals surface area contributed by atoms with Crippen molar-refractivity contribution in [1.82, 2.24) is 0 Å². The molecule has 0 spiro atoms. The molecule has 1 aromatic heterocycles. The monoisotopic (exact) mass is 332 g/mol. The highest BCUT2D eigenvalue weighted by molar-refractivity contribution is 7.17. The molecule has 0 aliphatic carbocycles. The molecule has 3 aromatic rings. The molecule has 3 heteroatoms. The first kappa shape index (κ1) is 16.2. The molecule has 24 heavy (non-hydrogen) atoms. The highest BCUT2D eigenvalue weighted by Crippen LogP contribution is 2.35. The lowest BCUT2D eigenvalue weighted by Crippen LogP contribution is -1.90. The molecule has 118 valence electrons. The van der Waals surface area contributed by atoms with Crippen LogP contribution in [0.1, 0.15) is 44.5 Å². The molecular weight excluding hydrogens is 316 g/mol. The smallest absolute Gasteiger partial charge is 0.172 e. The number of benzene rings is 2. The van der Waals surface area contributed by atoms with Gasteiger partial charge in [-0.3, -0.25) is 9.59 Å². The maximum absolute atomic E-state index is 11.9. The summed E-state index contributed by atoms with van der Waals surface area (Å²) in [5, 5.41) is 1.81. The molecule has 0 aliphatic rings. The minimum atomic E-state index is 0.164. The number of aryl methyl sites for hydroxylation is 1. The summed E-state index contributed by atoms with van der Waals surface area (Å²) in [6.45, 7) is 3.89. The standard InChI is InChI=1S/C21H16O2S/c1-4-14-6-7-15-11-16(8-9-17(15)18(14)12-22)21-13(3)10-20(24-21)19(23)5-2/h1,6-12H,5H2,2-3H3. The van der Waals surface area contributed by atoms with Crippen LogP contribution in [0.15, 0.2) is 36.4 Å². The molecule has 2 aromatic carbocycles. The Balaban J connectivity index is 2.16. The Morgan fingerprint density at radius 3 is 2.71 bits per heavy atom. The molecule has 0 saturated carbocycles. The topological polar surface area (TPSA) is 34.1 Å². The SMILES string of the molecule is C#Cc1ccc2cc(-c3sc(C(=O)CC)cc3C)ccc2c1C=O. The molecule has 2 nitrogen and oxygen atoms in total. The quantitative estimate of drug-likeness (QED) is 0.371. The van der Waals surface area contributed by atoms with E-state index in [2.05, 4.69) is 5.92 Å². The van der Waals surface area contributed by atoms with E-state index in [9.17, 15) is 9.59 Å². The first-order valence-corrected chi connectivity index (χ1v) is 8.53. The predicted molar refractivity (Wildman–Crippen MR) is 99.9 cm³/mol. The van der Waals surface area contributed by atoms with Gasteiger partial charge in [-0.1, -0.05) is 31.0 Å². The van der Waals surface area contributed by atoms with Crippen LogP contribution in [0.4, 0.5) is 0 Å². The minimum absolute atomic E-state index is 0.164. The average molecular weight is 332 g/mol. The Bertz CT molecular complexity index is 1000. The summed E-state index contributed by atoms with van der Waals surface area (Å²) in [5.41, 5.74) is 3.29. The van der Waals surface area contributed by atoms with Gasteiger partial charge in [-0.05, 0) is 47.0 Å². The van der Waals surface area contributed by atoms with Crippen molar-refractivity contribution in [3.05, 3.63) is 58.0 Å². The van der Waals surface area contributed by atoms with Crippen molar-refractivity contribution in [3.8, 4) is 22.8 Å². The summed E-state index contributed by atoms with van der Waals surface area (Å²) in [7, 11) is 0. The van der Waals surface area contributed by atoms with Gasteiger partial charge in [0, 0.05) is 22.4 Å². The van der Waals surface area contributed by atoms with Crippen molar-refractivity contribution >= 4 is 34.2 Å². The molecule has 0 N–H and O–H groups in total. The number of carbonyl (C=O) groups is 2. The van der Waals surface area contributed by atoms with E-state index in [0.29, 0.717) is 17.5 Å². The molecular formula is C21H16O2S. The van der Waals surface area contributed by atoms with E-state index in [1.165, 1.54) is 11.3 Å². The molecule has 0 atom stereocenters. The summed E-state index contributed by atoms with van der Waals surface area (Å²) >= 11 is 1.52. The Hall–Kier alpha value is -2.70. The predicted octanol–water partition coefficient (Wildman–Crippen LogP) is 5.26. The van der Waals surface area contributed by atoms with Crippen molar-refractivity contribution < 1.29 is 9.59 Å². The van der Waals surface area contributed by atoms with E-state index in [0.717, 1.165) is 37.9 Å². The van der Waals surface area contributed by atoms with Crippen LogP contribution in [-0.4, -0.2) is 12.1 Å². The molecule has 0 bridgehead atoms. The second-order valence-corrected chi connectivity index (χ2v) is 6.68. The highest BCUT2D eigenvalue weighted by atomic mass is 32.1. The van der Waals surface area contributed by atoms with E-state index < -0.39 is 0 Å². The third kappa shape index (κ3) is 2.66. The fraction of sp³-hybridized carbons (Fsp3) is 0.143. The number of fused-ring (bicyclic) bond motifs is 1. The number of rotatable bonds is 4. The number of carbonyl (C=O) groups excluding carboxylic acids is 2. The fourth-order valence-electron chi connectivity index (χ4n) is 2.83. The number of Topliss-reactive ketones (excluding diaryl/α,β-unsaturated/α-hetero) is 1.